The Hall–Kier alpha value is -3.86. The van der Waals surface area contributed by atoms with Gasteiger partial charge >= 0.3 is 0 Å². The lowest BCUT2D eigenvalue weighted by molar-refractivity contribution is -0.135. The Labute approximate surface area is 212 Å². The molecule has 36 heavy (non-hydrogen) atoms. The highest BCUT2D eigenvalue weighted by molar-refractivity contribution is 6.19. The van der Waals surface area contributed by atoms with Gasteiger partial charge in [0.15, 0.2) is 5.54 Å². The third kappa shape index (κ3) is 4.09. The normalized spacial score (nSPS) is 18.9. The molecule has 2 aliphatic rings. The highest BCUT2D eigenvalue weighted by atomic mass is 16.5. The quantitative estimate of drug-likeness (QED) is 0.409. The Morgan fingerprint density at radius 3 is 2.11 bits per heavy atom. The number of para-hydroxylation sites is 1. The summed E-state index contributed by atoms with van der Waals surface area (Å²) in [7, 11) is 0. The summed E-state index contributed by atoms with van der Waals surface area (Å²) < 4.78 is 6.04. The van der Waals surface area contributed by atoms with Crippen LogP contribution in [0, 0.1) is 0 Å². The van der Waals surface area contributed by atoms with Crippen LogP contribution in [0.3, 0.4) is 0 Å². The van der Waals surface area contributed by atoms with Crippen LogP contribution >= 0.6 is 0 Å². The average molecular weight is 481 g/mol. The van der Waals surface area contributed by atoms with Gasteiger partial charge in [-0.05, 0) is 59.4 Å². The zero-order chi connectivity index (χ0) is 25.4. The fraction of sp³-hybridized carbons (Fsp3) is 0.290. The summed E-state index contributed by atoms with van der Waals surface area (Å²) in [6, 6.07) is 23.6. The molecule has 0 spiro atoms. The topological polar surface area (TPSA) is 58.6 Å². The predicted octanol–water partition coefficient (Wildman–Crippen LogP) is 6.52. The number of ether oxygens (including phenoxy) is 1. The number of nitrogens with one attached hydrogen (secondary N) is 1. The molecule has 0 saturated carbocycles. The lowest BCUT2D eigenvalue weighted by Crippen LogP contribution is -2.71. The van der Waals surface area contributed by atoms with Crippen LogP contribution in [-0.2, 0) is 9.59 Å². The van der Waals surface area contributed by atoms with Crippen molar-refractivity contribution in [2.75, 3.05) is 16.8 Å². The van der Waals surface area contributed by atoms with Gasteiger partial charge in [0.05, 0.1) is 6.42 Å². The molecule has 184 valence electrons. The van der Waals surface area contributed by atoms with E-state index in [1.165, 1.54) is 11.1 Å². The number of β-lactam (4-membered cyclic amide) rings is 1. The third-order valence-electron chi connectivity index (χ3n) is 7.23. The number of amides is 2. The first-order chi connectivity index (χ1) is 17.3. The molecular formula is C31H32N2O3. The molecule has 1 fully saturated rings. The molecule has 3 aromatic carbocycles. The smallest absolute Gasteiger partial charge is 0.255 e. The van der Waals surface area contributed by atoms with Crippen LogP contribution in [0.2, 0.25) is 0 Å². The molecule has 0 bridgehead atoms. The highest BCUT2D eigenvalue weighted by Crippen LogP contribution is 2.46. The Kier molecular flexibility index (Phi) is 6.17. The lowest BCUT2D eigenvalue weighted by Gasteiger charge is -2.52. The number of rotatable bonds is 6. The zero-order valence-electron chi connectivity index (χ0n) is 21.2. The minimum Gasteiger partial charge on any atom is -0.489 e. The molecule has 3 aromatic rings. The maximum Gasteiger partial charge on any atom is 0.255 e. The van der Waals surface area contributed by atoms with E-state index >= 15 is 0 Å². The number of benzene rings is 3. The molecule has 5 heteroatoms. The molecular weight excluding hydrogens is 448 g/mol. The van der Waals surface area contributed by atoms with Gasteiger partial charge in [0, 0.05) is 22.5 Å². The van der Waals surface area contributed by atoms with Gasteiger partial charge in [-0.15, -0.1) is 0 Å². The summed E-state index contributed by atoms with van der Waals surface area (Å²) in [5, 5.41) is 3.09. The van der Waals surface area contributed by atoms with Gasteiger partial charge in [0.2, 0.25) is 5.91 Å². The Balaban J connectivity index is 1.56. The molecule has 5 rings (SSSR count). The summed E-state index contributed by atoms with van der Waals surface area (Å²) in [5.74, 6) is 1.23. The van der Waals surface area contributed by atoms with Crippen LogP contribution in [-0.4, -0.2) is 24.0 Å². The molecule has 1 atom stereocenters. The molecule has 0 aromatic heterocycles. The fourth-order valence-corrected chi connectivity index (χ4v) is 5.00. The van der Waals surface area contributed by atoms with Crippen molar-refractivity contribution in [1.29, 1.82) is 0 Å². The van der Waals surface area contributed by atoms with Gasteiger partial charge in [-0.2, -0.15) is 0 Å². The molecule has 1 unspecified atom stereocenters. The molecule has 0 radical (unpaired) electrons. The van der Waals surface area contributed by atoms with Gasteiger partial charge in [-0.1, -0.05) is 70.2 Å². The second kappa shape index (κ2) is 9.30. The number of carbonyl (C=O) groups excluding carboxylic acids is 2. The predicted molar refractivity (Wildman–Crippen MR) is 144 cm³/mol. The van der Waals surface area contributed by atoms with Gasteiger partial charge < -0.3 is 10.1 Å². The van der Waals surface area contributed by atoms with E-state index in [2.05, 4.69) is 33.0 Å². The minimum absolute atomic E-state index is 0.0858. The molecule has 2 amide bonds. The van der Waals surface area contributed by atoms with E-state index in [-0.39, 0.29) is 24.8 Å². The lowest BCUT2D eigenvalue weighted by atomic mass is 9.74. The maximum absolute atomic E-state index is 14.0. The average Bonchev–Trinajstić information content (AvgIpc) is 2.87. The van der Waals surface area contributed by atoms with E-state index in [1.54, 1.807) is 4.90 Å². The maximum atomic E-state index is 14.0. The van der Waals surface area contributed by atoms with Gasteiger partial charge in [0.25, 0.3) is 5.91 Å². The van der Waals surface area contributed by atoms with Crippen molar-refractivity contribution in [3.05, 3.63) is 95.1 Å². The SMILES string of the molecule is CC(C)c1ccc(NC(=O)C2(C3=Cc4ccccc4OC3)CC(=O)N2c2ccc(C(C)C)cc2)cc1. The summed E-state index contributed by atoms with van der Waals surface area (Å²) >= 11 is 0. The molecule has 2 aliphatic heterocycles. The monoisotopic (exact) mass is 480 g/mol. The Morgan fingerprint density at radius 2 is 1.50 bits per heavy atom. The summed E-state index contributed by atoms with van der Waals surface area (Å²) in [6.07, 6.45) is 2.09. The zero-order valence-corrected chi connectivity index (χ0v) is 21.2. The van der Waals surface area contributed by atoms with Crippen molar-refractivity contribution in [3.8, 4) is 5.75 Å². The van der Waals surface area contributed by atoms with Crippen LogP contribution in [0.15, 0.2) is 78.4 Å². The Bertz CT molecular complexity index is 1320. The number of fused-ring (bicyclic) bond motifs is 1. The first-order valence-corrected chi connectivity index (χ1v) is 12.6. The molecule has 2 heterocycles. The van der Waals surface area contributed by atoms with E-state index in [9.17, 15) is 9.59 Å². The number of hydrogen-bond donors (Lipinski definition) is 1. The summed E-state index contributed by atoms with van der Waals surface area (Å²) in [5.41, 5.74) is 4.30. The summed E-state index contributed by atoms with van der Waals surface area (Å²) in [6.45, 7) is 8.78. The van der Waals surface area contributed by atoms with Crippen LogP contribution in [0.1, 0.15) is 62.6 Å². The number of carbonyl (C=O) groups is 2. The highest BCUT2D eigenvalue weighted by Gasteiger charge is 2.60. The third-order valence-corrected chi connectivity index (χ3v) is 7.23. The fourth-order valence-electron chi connectivity index (χ4n) is 5.00. The Morgan fingerprint density at radius 1 is 0.889 bits per heavy atom. The van der Waals surface area contributed by atoms with Crippen LogP contribution in [0.4, 0.5) is 11.4 Å². The molecule has 1 saturated heterocycles. The second-order valence-electron chi connectivity index (χ2n) is 10.2. The van der Waals surface area contributed by atoms with E-state index in [0.717, 1.165) is 16.9 Å². The van der Waals surface area contributed by atoms with E-state index < -0.39 is 5.54 Å². The molecule has 5 nitrogen and oxygen atoms in total. The number of hydrogen-bond acceptors (Lipinski definition) is 3. The summed E-state index contributed by atoms with van der Waals surface area (Å²) in [4.78, 5) is 28.8. The van der Waals surface area contributed by atoms with Crippen LogP contribution in [0.5, 0.6) is 5.75 Å². The van der Waals surface area contributed by atoms with Crippen molar-refractivity contribution >= 4 is 29.3 Å². The second-order valence-corrected chi connectivity index (χ2v) is 10.2. The van der Waals surface area contributed by atoms with Crippen molar-refractivity contribution < 1.29 is 14.3 Å². The van der Waals surface area contributed by atoms with Gasteiger partial charge in [-0.3, -0.25) is 14.5 Å². The van der Waals surface area contributed by atoms with Crippen molar-refractivity contribution in [2.24, 2.45) is 0 Å². The van der Waals surface area contributed by atoms with Crippen LogP contribution in [0.25, 0.3) is 6.08 Å². The van der Waals surface area contributed by atoms with Crippen LogP contribution < -0.4 is 15.0 Å². The van der Waals surface area contributed by atoms with Crippen molar-refractivity contribution in [1.82, 2.24) is 0 Å². The first-order valence-electron chi connectivity index (χ1n) is 12.6. The number of anilines is 2. The van der Waals surface area contributed by atoms with Crippen molar-refractivity contribution in [3.63, 3.8) is 0 Å². The number of nitrogens with zero attached hydrogens (tertiary/aromatic N) is 1. The van der Waals surface area contributed by atoms with E-state index in [4.69, 9.17) is 4.74 Å². The van der Waals surface area contributed by atoms with E-state index in [1.807, 2.05) is 78.9 Å². The molecule has 0 aliphatic carbocycles. The van der Waals surface area contributed by atoms with Gasteiger partial charge in [0.1, 0.15) is 12.4 Å². The van der Waals surface area contributed by atoms with E-state index in [0.29, 0.717) is 23.2 Å². The standard InChI is InChI=1S/C31H32N2O3/c1-20(2)22-9-13-26(14-10-22)32-30(35)31(25-17-24-7-5-6-8-28(24)36-19-25)18-29(34)33(31)27-15-11-23(12-16-27)21(3)4/h5-17,20-21H,18-19H2,1-4H3,(H,32,35). The largest absolute Gasteiger partial charge is 0.489 e. The minimum atomic E-state index is -1.17. The van der Waals surface area contributed by atoms with Gasteiger partial charge in [-0.25, -0.2) is 0 Å². The molecule has 1 N–H and O–H groups in total. The first kappa shape index (κ1) is 23.9. The van der Waals surface area contributed by atoms with Crippen molar-refractivity contribution in [2.45, 2.75) is 51.5 Å².